The number of nitrogens with zero attached hydrogens (tertiary/aromatic N) is 2. The van der Waals surface area contributed by atoms with E-state index in [4.69, 9.17) is 0 Å². The summed E-state index contributed by atoms with van der Waals surface area (Å²) in [5.74, 6) is -4.31. The molecule has 0 spiro atoms. The largest absolute Gasteiger partial charge is 0.508 e. The molecule has 236 valence electrons. The molecule has 2 aliphatic carbocycles. The van der Waals surface area contributed by atoms with Crippen molar-refractivity contribution in [1.82, 2.24) is 9.80 Å². The van der Waals surface area contributed by atoms with E-state index in [-0.39, 0.29) is 60.4 Å². The monoisotopic (exact) mass is 620 g/mol. The smallest absolute Gasteiger partial charge is 0.234 e. The van der Waals surface area contributed by atoms with Crippen molar-refractivity contribution in [2.24, 2.45) is 29.6 Å². The van der Waals surface area contributed by atoms with Gasteiger partial charge >= 0.3 is 0 Å². The molecular formula is C37H36N2O7. The summed E-state index contributed by atoms with van der Waals surface area (Å²) >= 11 is 0. The number of carbonyl (C=O) groups excluding carboxylic acids is 4. The summed E-state index contributed by atoms with van der Waals surface area (Å²) < 4.78 is 0. The molecule has 9 heteroatoms. The van der Waals surface area contributed by atoms with Gasteiger partial charge in [0, 0.05) is 24.6 Å². The molecule has 6 atom stereocenters. The van der Waals surface area contributed by atoms with E-state index >= 15 is 0 Å². The normalized spacial score (nSPS) is 27.0. The Hall–Kier alpha value is -4.92. The fourth-order valence-electron chi connectivity index (χ4n) is 8.25. The number of amides is 4. The first-order valence-electron chi connectivity index (χ1n) is 15.9. The zero-order valence-electron chi connectivity index (χ0n) is 25.5. The summed E-state index contributed by atoms with van der Waals surface area (Å²) in [6, 6.07) is 18.8. The second-order valence-corrected chi connectivity index (χ2v) is 13.0. The van der Waals surface area contributed by atoms with E-state index in [0.717, 1.165) is 16.7 Å². The maximum Gasteiger partial charge on any atom is 0.234 e. The van der Waals surface area contributed by atoms with Gasteiger partial charge in [0.25, 0.3) is 0 Å². The summed E-state index contributed by atoms with van der Waals surface area (Å²) in [6.07, 6.45) is 3.50. The van der Waals surface area contributed by atoms with Crippen molar-refractivity contribution >= 4 is 23.6 Å². The second-order valence-electron chi connectivity index (χ2n) is 13.0. The minimum Gasteiger partial charge on any atom is -0.508 e. The van der Waals surface area contributed by atoms with Crippen molar-refractivity contribution in [1.29, 1.82) is 0 Å². The van der Waals surface area contributed by atoms with Crippen LogP contribution in [-0.4, -0.2) is 61.8 Å². The fourth-order valence-corrected chi connectivity index (χ4v) is 8.25. The Morgan fingerprint density at radius 3 is 1.78 bits per heavy atom. The maximum absolute atomic E-state index is 14.1. The van der Waals surface area contributed by atoms with Crippen LogP contribution in [0, 0.1) is 36.5 Å². The second kappa shape index (κ2) is 11.5. The predicted molar refractivity (Wildman–Crippen MR) is 167 cm³/mol. The highest BCUT2D eigenvalue weighted by Crippen LogP contribution is 2.59. The highest BCUT2D eigenvalue weighted by molar-refractivity contribution is 6.08. The first kappa shape index (κ1) is 29.8. The van der Waals surface area contributed by atoms with Crippen LogP contribution in [-0.2, 0) is 32.0 Å². The van der Waals surface area contributed by atoms with Gasteiger partial charge in [0.2, 0.25) is 23.6 Å². The van der Waals surface area contributed by atoms with Crippen LogP contribution >= 0.6 is 0 Å². The molecule has 4 aliphatic rings. The number of hydrogen-bond acceptors (Lipinski definition) is 7. The molecule has 2 saturated heterocycles. The fraction of sp³-hybridized carbons (Fsp3) is 0.351. The summed E-state index contributed by atoms with van der Waals surface area (Å²) in [5.41, 5.74) is 3.84. The number of aromatic hydroxyl groups is 3. The van der Waals surface area contributed by atoms with Gasteiger partial charge in [-0.25, -0.2) is 0 Å². The number of hydrogen-bond donors (Lipinski definition) is 3. The zero-order chi connectivity index (χ0) is 32.3. The molecule has 0 bridgehead atoms. The van der Waals surface area contributed by atoms with Crippen LogP contribution in [0.15, 0.2) is 78.4 Å². The van der Waals surface area contributed by atoms with Gasteiger partial charge in [-0.1, -0.05) is 54.1 Å². The highest BCUT2D eigenvalue weighted by Gasteiger charge is 2.62. The van der Waals surface area contributed by atoms with Gasteiger partial charge in [0.05, 0.1) is 23.7 Å². The van der Waals surface area contributed by atoms with Crippen LogP contribution in [0.1, 0.15) is 41.0 Å². The first-order chi connectivity index (χ1) is 22.1. The number of phenols is 3. The molecule has 1 saturated carbocycles. The Balaban J connectivity index is 1.21. The van der Waals surface area contributed by atoms with E-state index in [1.54, 1.807) is 67.6 Å². The standard InChI is InChI=1S/C37H36N2O7/c1-20-3-2-4-26(33(20)42)30-25-13-14-27-31(36(45)38(34(27)43)17-15-21-5-9-23(40)10-6-21)28(25)19-29-32(30)37(46)39(35(29)44)18-16-22-7-11-24(41)12-8-22/h2-13,27-32,40-42H,14-19H2,1H3/t27-,28+,29+,30+,31-,32+/m0/s1. The van der Waals surface area contributed by atoms with Crippen molar-refractivity contribution in [3.05, 3.63) is 101 Å². The molecule has 0 radical (unpaired) electrons. The number of likely N-dealkylation sites (tertiary alicyclic amines) is 2. The van der Waals surface area contributed by atoms with E-state index in [0.29, 0.717) is 30.4 Å². The van der Waals surface area contributed by atoms with E-state index in [2.05, 4.69) is 0 Å². The third kappa shape index (κ3) is 4.85. The van der Waals surface area contributed by atoms with Crippen LogP contribution in [0.5, 0.6) is 17.2 Å². The van der Waals surface area contributed by atoms with Crippen molar-refractivity contribution in [3.63, 3.8) is 0 Å². The van der Waals surface area contributed by atoms with Crippen molar-refractivity contribution in [3.8, 4) is 17.2 Å². The van der Waals surface area contributed by atoms with E-state index in [1.807, 2.05) is 12.1 Å². The molecular weight excluding hydrogens is 584 g/mol. The van der Waals surface area contributed by atoms with Gasteiger partial charge in [0.1, 0.15) is 17.2 Å². The van der Waals surface area contributed by atoms with Crippen molar-refractivity contribution in [2.45, 2.75) is 38.5 Å². The van der Waals surface area contributed by atoms with Gasteiger partial charge in [-0.15, -0.1) is 0 Å². The molecule has 0 aromatic heterocycles. The van der Waals surface area contributed by atoms with Crippen LogP contribution in [0.25, 0.3) is 0 Å². The number of allylic oxidation sites excluding steroid dienone is 2. The molecule has 2 aliphatic heterocycles. The van der Waals surface area contributed by atoms with E-state index in [1.165, 1.54) is 9.80 Å². The van der Waals surface area contributed by atoms with Gasteiger partial charge in [-0.2, -0.15) is 0 Å². The van der Waals surface area contributed by atoms with Crippen molar-refractivity contribution < 1.29 is 34.5 Å². The highest BCUT2D eigenvalue weighted by atomic mass is 16.3. The van der Waals surface area contributed by atoms with Crippen molar-refractivity contribution in [2.75, 3.05) is 13.1 Å². The lowest BCUT2D eigenvalue weighted by Crippen LogP contribution is -2.43. The lowest BCUT2D eigenvalue weighted by molar-refractivity contribution is -0.142. The molecule has 3 aromatic rings. The predicted octanol–water partition coefficient (Wildman–Crippen LogP) is 4.23. The van der Waals surface area contributed by atoms with Crippen LogP contribution in [0.4, 0.5) is 0 Å². The van der Waals surface area contributed by atoms with Crippen LogP contribution in [0.3, 0.4) is 0 Å². The Labute approximate surface area is 266 Å². The summed E-state index contributed by atoms with van der Waals surface area (Å²) in [7, 11) is 0. The van der Waals surface area contributed by atoms with E-state index < -0.39 is 35.5 Å². The van der Waals surface area contributed by atoms with Crippen LogP contribution < -0.4 is 0 Å². The Kier molecular flexibility index (Phi) is 7.42. The molecule has 3 N–H and O–H groups in total. The number of carbonyl (C=O) groups is 4. The van der Waals surface area contributed by atoms with Crippen LogP contribution in [0.2, 0.25) is 0 Å². The third-order valence-electron chi connectivity index (χ3n) is 10.6. The van der Waals surface area contributed by atoms with E-state index in [9.17, 15) is 34.5 Å². The first-order valence-corrected chi connectivity index (χ1v) is 15.9. The Morgan fingerprint density at radius 2 is 1.20 bits per heavy atom. The minimum absolute atomic E-state index is 0.0714. The Bertz CT molecular complexity index is 1760. The average Bonchev–Trinajstić information content (AvgIpc) is 3.44. The number of rotatable bonds is 7. The number of fused-ring (bicyclic) bond motifs is 4. The lowest BCUT2D eigenvalue weighted by Gasteiger charge is -2.44. The minimum atomic E-state index is -0.725. The topological polar surface area (TPSA) is 135 Å². The summed E-state index contributed by atoms with van der Waals surface area (Å²) in [4.78, 5) is 58.5. The molecule has 0 unspecified atom stereocenters. The number of benzene rings is 3. The molecule has 4 amide bonds. The molecule has 46 heavy (non-hydrogen) atoms. The Morgan fingerprint density at radius 1 is 0.652 bits per heavy atom. The maximum atomic E-state index is 14.1. The molecule has 2 heterocycles. The molecule has 3 aromatic carbocycles. The summed E-state index contributed by atoms with van der Waals surface area (Å²) in [6.45, 7) is 2.19. The molecule has 3 fully saturated rings. The van der Waals surface area contributed by atoms with Gasteiger partial charge in [-0.3, -0.25) is 29.0 Å². The molecule has 9 nitrogen and oxygen atoms in total. The number of aryl methyl sites for hydroxylation is 1. The number of phenolic OH excluding ortho intramolecular Hbond substituents is 3. The number of para-hydroxylation sites is 1. The molecule has 7 rings (SSSR count). The quantitative estimate of drug-likeness (QED) is 0.266. The number of imide groups is 2. The summed E-state index contributed by atoms with van der Waals surface area (Å²) in [5, 5.41) is 30.5. The SMILES string of the molecule is Cc1cccc([C@H]2C3=CC[C@@H]4C(=O)N(CCc5ccc(O)cc5)C(=O)[C@@H]4[C@@H]3C[C@H]3C(=O)N(CCc4ccc(O)cc4)C(=O)[C@@H]23)c1O. The lowest BCUT2D eigenvalue weighted by atomic mass is 9.57. The third-order valence-corrected chi connectivity index (χ3v) is 10.6. The van der Waals surface area contributed by atoms with Gasteiger partial charge in [0.15, 0.2) is 0 Å². The average molecular weight is 621 g/mol. The van der Waals surface area contributed by atoms with Gasteiger partial charge in [-0.05, 0) is 79.5 Å². The van der Waals surface area contributed by atoms with Gasteiger partial charge < -0.3 is 15.3 Å². The zero-order valence-corrected chi connectivity index (χ0v) is 25.5.